The van der Waals surface area contributed by atoms with Crippen molar-refractivity contribution >= 4 is 5.97 Å². The maximum Gasteiger partial charge on any atom is 0.302 e. The molecule has 0 bridgehead atoms. The number of ether oxygens (including phenoxy) is 1. The molecule has 1 aromatic heterocycles. The van der Waals surface area contributed by atoms with Crippen LogP contribution in [0.25, 0.3) is 0 Å². The first-order valence-corrected chi connectivity index (χ1v) is 11.5. The van der Waals surface area contributed by atoms with Gasteiger partial charge < -0.3 is 14.9 Å². The number of nitrogens with zero attached hydrogens (tertiary/aromatic N) is 3. The second kappa shape index (κ2) is 14.2. The topological polar surface area (TPSA) is 121 Å². The predicted molar refractivity (Wildman–Crippen MR) is 113 cm³/mol. The van der Waals surface area contributed by atoms with Gasteiger partial charge >= 0.3 is 5.97 Å². The molecular weight excluding hydrogens is 384 g/mol. The van der Waals surface area contributed by atoms with Crippen LogP contribution < -0.4 is 0 Å². The normalized spacial score (nSPS) is 24.0. The summed E-state index contributed by atoms with van der Waals surface area (Å²) in [7, 11) is 0. The molecule has 8 nitrogen and oxygen atoms in total. The molecule has 0 radical (unpaired) electrons. The van der Waals surface area contributed by atoms with E-state index in [9.17, 15) is 9.90 Å². The first-order valence-electron chi connectivity index (χ1n) is 11.5. The minimum absolute atomic E-state index is 0.0482. The van der Waals surface area contributed by atoms with Gasteiger partial charge in [0.15, 0.2) is 0 Å². The van der Waals surface area contributed by atoms with Gasteiger partial charge in [-0.1, -0.05) is 44.3 Å². The van der Waals surface area contributed by atoms with Crippen molar-refractivity contribution in [2.75, 3.05) is 6.61 Å². The van der Waals surface area contributed by atoms with Crippen LogP contribution in [0.15, 0.2) is 12.2 Å². The number of hydrogen-bond acceptors (Lipinski definition) is 7. The molecule has 1 aliphatic carbocycles. The molecule has 1 saturated carbocycles. The number of hydrogen-bond donors (Lipinski definition) is 3. The van der Waals surface area contributed by atoms with Crippen LogP contribution in [0.5, 0.6) is 0 Å². The van der Waals surface area contributed by atoms with E-state index in [0.717, 1.165) is 76.5 Å². The van der Waals surface area contributed by atoms with Gasteiger partial charge in [0, 0.05) is 38.2 Å². The van der Waals surface area contributed by atoms with Gasteiger partial charge in [-0.2, -0.15) is 0 Å². The lowest BCUT2D eigenvalue weighted by Gasteiger charge is -2.23. The quantitative estimate of drug-likeness (QED) is 0.225. The van der Waals surface area contributed by atoms with Crippen LogP contribution in [-0.2, 0) is 16.0 Å². The molecular formula is C22H38N4O4. The number of rotatable bonds is 15. The Balaban J connectivity index is 1.75. The molecule has 0 saturated heterocycles. The molecule has 8 heteroatoms. The van der Waals surface area contributed by atoms with Crippen LogP contribution in [0.3, 0.4) is 0 Å². The van der Waals surface area contributed by atoms with Crippen molar-refractivity contribution in [2.24, 2.45) is 11.8 Å². The van der Waals surface area contributed by atoms with E-state index in [2.05, 4.69) is 32.8 Å². The Labute approximate surface area is 179 Å². The van der Waals surface area contributed by atoms with Gasteiger partial charge in [0.05, 0.1) is 6.10 Å². The lowest BCUT2D eigenvalue weighted by molar-refractivity contribution is -0.148. The molecule has 0 unspecified atom stereocenters. The largest absolute Gasteiger partial charge is 0.462 e. The van der Waals surface area contributed by atoms with Crippen LogP contribution in [0.4, 0.5) is 0 Å². The summed E-state index contributed by atoms with van der Waals surface area (Å²) in [6.45, 7) is 1.71. The van der Waals surface area contributed by atoms with Crippen molar-refractivity contribution in [1.82, 2.24) is 20.6 Å². The minimum atomic E-state index is -0.455. The summed E-state index contributed by atoms with van der Waals surface area (Å²) in [4.78, 5) is 11.5. The molecule has 0 spiro atoms. The van der Waals surface area contributed by atoms with Gasteiger partial charge in [-0.15, -0.1) is 5.10 Å². The van der Waals surface area contributed by atoms with Crippen molar-refractivity contribution in [3.63, 3.8) is 0 Å². The second-order valence-corrected chi connectivity index (χ2v) is 8.35. The fraction of sp³-hybridized carbons (Fsp3) is 0.818. The summed E-state index contributed by atoms with van der Waals surface area (Å²) in [5.41, 5.74) is 0. The SMILES string of the molecule is CC(=O)O[C@H]1C[C@@H](O)[C@H](C=CCCCCCCO)[C@H]1CCCCCCc1nnn[nH]1. The Kier molecular flexibility index (Phi) is 11.6. The van der Waals surface area contributed by atoms with Crippen LogP contribution in [0, 0.1) is 11.8 Å². The first kappa shape index (κ1) is 24.5. The smallest absolute Gasteiger partial charge is 0.302 e. The summed E-state index contributed by atoms with van der Waals surface area (Å²) in [6.07, 6.45) is 15.4. The Morgan fingerprint density at radius 1 is 1.17 bits per heavy atom. The van der Waals surface area contributed by atoms with Crippen LogP contribution in [0.2, 0.25) is 0 Å². The Morgan fingerprint density at radius 2 is 1.93 bits per heavy atom. The minimum Gasteiger partial charge on any atom is -0.462 e. The average molecular weight is 423 g/mol. The van der Waals surface area contributed by atoms with E-state index < -0.39 is 6.10 Å². The Bertz CT molecular complexity index is 608. The third-order valence-electron chi connectivity index (χ3n) is 5.93. The third-order valence-corrected chi connectivity index (χ3v) is 5.93. The van der Waals surface area contributed by atoms with Gasteiger partial charge in [-0.25, -0.2) is 5.10 Å². The molecule has 30 heavy (non-hydrogen) atoms. The Morgan fingerprint density at radius 3 is 2.67 bits per heavy atom. The van der Waals surface area contributed by atoms with E-state index in [1.807, 2.05) is 0 Å². The second-order valence-electron chi connectivity index (χ2n) is 8.35. The number of aliphatic hydroxyl groups is 2. The molecule has 3 N–H and O–H groups in total. The van der Waals surface area contributed by atoms with Gasteiger partial charge in [0.1, 0.15) is 11.9 Å². The molecule has 0 aliphatic heterocycles. The zero-order valence-electron chi connectivity index (χ0n) is 18.2. The zero-order valence-corrected chi connectivity index (χ0v) is 18.2. The number of aryl methyl sites for hydroxylation is 1. The standard InChI is InChI=1S/C22H38N4O4/c1-17(28)30-21-16-20(29)18(12-8-4-2-3-7-11-15-27)19(21)13-9-5-6-10-14-22-23-25-26-24-22/h8,12,18-21,27,29H,2-7,9-11,13-16H2,1H3,(H,23,24,25,26)/t18-,19-,20-,21+/m1/s1. The molecule has 1 aromatic rings. The number of carbonyl (C=O) groups is 1. The predicted octanol–water partition coefficient (Wildman–Crippen LogP) is 3.12. The van der Waals surface area contributed by atoms with Crippen LogP contribution in [0.1, 0.15) is 83.4 Å². The average Bonchev–Trinajstić information content (AvgIpc) is 3.32. The highest BCUT2D eigenvalue weighted by molar-refractivity contribution is 5.66. The maximum absolute atomic E-state index is 11.5. The molecule has 1 fully saturated rings. The fourth-order valence-electron chi connectivity index (χ4n) is 4.39. The van der Waals surface area contributed by atoms with Gasteiger partial charge in [-0.3, -0.25) is 4.79 Å². The number of aromatic nitrogens is 4. The zero-order chi connectivity index (χ0) is 21.6. The van der Waals surface area contributed by atoms with Crippen molar-refractivity contribution in [2.45, 2.75) is 96.2 Å². The third kappa shape index (κ3) is 8.92. The molecule has 0 amide bonds. The summed E-state index contributed by atoms with van der Waals surface area (Å²) in [6, 6.07) is 0. The number of tetrazole rings is 1. The summed E-state index contributed by atoms with van der Waals surface area (Å²) < 4.78 is 5.54. The Hall–Kier alpha value is -1.80. The highest BCUT2D eigenvalue weighted by Crippen LogP contribution is 2.39. The van der Waals surface area contributed by atoms with E-state index in [1.54, 1.807) is 0 Å². The lowest BCUT2D eigenvalue weighted by atomic mass is 9.88. The van der Waals surface area contributed by atoms with E-state index in [-0.39, 0.29) is 30.5 Å². The highest BCUT2D eigenvalue weighted by atomic mass is 16.5. The maximum atomic E-state index is 11.5. The number of allylic oxidation sites excluding steroid dienone is 1. The highest BCUT2D eigenvalue weighted by Gasteiger charge is 2.42. The first-order chi connectivity index (χ1) is 14.6. The van der Waals surface area contributed by atoms with Crippen LogP contribution >= 0.6 is 0 Å². The number of aromatic amines is 1. The van der Waals surface area contributed by atoms with Crippen molar-refractivity contribution in [3.8, 4) is 0 Å². The monoisotopic (exact) mass is 422 g/mol. The molecule has 170 valence electrons. The number of aliphatic hydroxyl groups excluding tert-OH is 2. The molecule has 1 heterocycles. The number of unbranched alkanes of at least 4 members (excludes halogenated alkanes) is 7. The van der Waals surface area contributed by atoms with Crippen LogP contribution in [-0.4, -0.2) is 55.6 Å². The molecule has 0 aromatic carbocycles. The van der Waals surface area contributed by atoms with Crippen molar-refractivity contribution in [1.29, 1.82) is 0 Å². The van der Waals surface area contributed by atoms with E-state index in [1.165, 1.54) is 6.92 Å². The number of H-pyrrole nitrogens is 1. The van der Waals surface area contributed by atoms with E-state index in [4.69, 9.17) is 9.84 Å². The van der Waals surface area contributed by atoms with Gasteiger partial charge in [-0.05, 0) is 42.5 Å². The van der Waals surface area contributed by atoms with Crippen molar-refractivity contribution in [3.05, 3.63) is 18.0 Å². The lowest BCUT2D eigenvalue weighted by Crippen LogP contribution is -2.24. The number of nitrogens with one attached hydrogen (secondary N) is 1. The van der Waals surface area contributed by atoms with E-state index >= 15 is 0 Å². The van der Waals surface area contributed by atoms with Crippen molar-refractivity contribution < 1.29 is 19.7 Å². The summed E-state index contributed by atoms with van der Waals surface area (Å²) >= 11 is 0. The molecule has 4 atom stereocenters. The molecule has 2 rings (SSSR count). The summed E-state index contributed by atoms with van der Waals surface area (Å²) in [5, 5.41) is 33.2. The van der Waals surface area contributed by atoms with E-state index in [0.29, 0.717) is 6.42 Å². The van der Waals surface area contributed by atoms with Gasteiger partial charge in [0.25, 0.3) is 0 Å². The van der Waals surface area contributed by atoms with Gasteiger partial charge in [0.2, 0.25) is 0 Å². The number of esters is 1. The fourth-order valence-corrected chi connectivity index (χ4v) is 4.39. The number of carbonyl (C=O) groups excluding carboxylic acids is 1. The molecule has 1 aliphatic rings. The summed E-state index contributed by atoms with van der Waals surface area (Å²) in [5.74, 6) is 0.775.